The number of nitrogens with zero attached hydrogens (tertiary/aromatic N) is 3. The van der Waals surface area contributed by atoms with Gasteiger partial charge in [0, 0.05) is 20.1 Å². The van der Waals surface area contributed by atoms with Crippen LogP contribution in [0.5, 0.6) is 0 Å². The molecule has 0 aliphatic carbocycles. The molecule has 0 spiro atoms. The Bertz CT molecular complexity index is 628. The van der Waals surface area contributed by atoms with E-state index in [0.29, 0.717) is 5.56 Å². The van der Waals surface area contributed by atoms with E-state index in [4.69, 9.17) is 10.00 Å². The van der Waals surface area contributed by atoms with Crippen molar-refractivity contribution in [2.24, 2.45) is 0 Å². The number of halogens is 3. The van der Waals surface area contributed by atoms with E-state index in [1.807, 2.05) is 6.07 Å². The van der Waals surface area contributed by atoms with Gasteiger partial charge in [0.15, 0.2) is 0 Å². The van der Waals surface area contributed by atoms with Gasteiger partial charge in [-0.1, -0.05) is 12.1 Å². The van der Waals surface area contributed by atoms with Gasteiger partial charge in [-0.3, -0.25) is 9.69 Å². The van der Waals surface area contributed by atoms with Gasteiger partial charge in [-0.2, -0.15) is 18.4 Å². The Morgan fingerprint density at radius 3 is 2.92 bits per heavy atom. The van der Waals surface area contributed by atoms with E-state index >= 15 is 0 Å². The first-order valence-electron chi connectivity index (χ1n) is 7.43. The summed E-state index contributed by atoms with van der Waals surface area (Å²) >= 11 is 0. The number of benzene rings is 1. The zero-order valence-corrected chi connectivity index (χ0v) is 13.2. The topological polar surface area (TPSA) is 56.6 Å². The molecule has 0 N–H and O–H groups in total. The van der Waals surface area contributed by atoms with Crippen LogP contribution in [-0.4, -0.2) is 61.3 Å². The van der Waals surface area contributed by atoms with Gasteiger partial charge in [0.1, 0.15) is 6.04 Å². The number of likely N-dealkylation sites (N-methyl/N-ethyl adjacent to an activating group) is 1. The summed E-state index contributed by atoms with van der Waals surface area (Å²) < 4.78 is 43.2. The first-order chi connectivity index (χ1) is 11.3. The van der Waals surface area contributed by atoms with E-state index in [2.05, 4.69) is 0 Å². The van der Waals surface area contributed by atoms with Crippen molar-refractivity contribution < 1.29 is 22.7 Å². The second-order valence-electron chi connectivity index (χ2n) is 5.68. The lowest BCUT2D eigenvalue weighted by atomic mass is 10.1. The van der Waals surface area contributed by atoms with Crippen molar-refractivity contribution in [3.8, 4) is 6.07 Å². The summed E-state index contributed by atoms with van der Waals surface area (Å²) in [4.78, 5) is 15.0. The van der Waals surface area contributed by atoms with Crippen molar-refractivity contribution in [1.82, 2.24) is 9.80 Å². The normalized spacial score (nSPS) is 18.9. The fourth-order valence-electron chi connectivity index (χ4n) is 2.63. The minimum Gasteiger partial charge on any atom is -0.378 e. The molecule has 1 amide bonds. The van der Waals surface area contributed by atoms with E-state index in [-0.39, 0.29) is 26.3 Å². The SMILES string of the molecule is CN(Cc1cccc(C#N)c1)C(=O)[C@@H]1COCCN1CC(F)(F)F. The maximum atomic E-state index is 12.7. The molecule has 0 saturated carbocycles. The predicted octanol–water partition coefficient (Wildman–Crippen LogP) is 1.78. The maximum absolute atomic E-state index is 12.7. The van der Waals surface area contributed by atoms with Crippen molar-refractivity contribution in [3.05, 3.63) is 35.4 Å². The molecule has 1 atom stereocenters. The zero-order valence-electron chi connectivity index (χ0n) is 13.2. The molecule has 1 heterocycles. The Labute approximate surface area is 138 Å². The van der Waals surface area contributed by atoms with Crippen molar-refractivity contribution >= 4 is 5.91 Å². The van der Waals surface area contributed by atoms with Gasteiger partial charge in [0.25, 0.3) is 0 Å². The molecule has 0 aromatic heterocycles. The van der Waals surface area contributed by atoms with Crippen LogP contribution in [0.15, 0.2) is 24.3 Å². The molecule has 130 valence electrons. The Hall–Kier alpha value is -2.11. The quantitative estimate of drug-likeness (QED) is 0.838. The van der Waals surface area contributed by atoms with Crippen LogP contribution < -0.4 is 0 Å². The number of ether oxygens (including phenoxy) is 1. The Kier molecular flexibility index (Phi) is 5.80. The summed E-state index contributed by atoms with van der Waals surface area (Å²) in [6, 6.07) is 7.81. The van der Waals surface area contributed by atoms with Crippen LogP contribution >= 0.6 is 0 Å². The number of carbonyl (C=O) groups excluding carboxylic acids is 1. The summed E-state index contributed by atoms with van der Waals surface area (Å²) in [5.41, 5.74) is 1.21. The number of hydrogen-bond acceptors (Lipinski definition) is 4. The van der Waals surface area contributed by atoms with E-state index in [1.165, 1.54) is 11.9 Å². The number of morpholine rings is 1. The Morgan fingerprint density at radius 2 is 2.25 bits per heavy atom. The Morgan fingerprint density at radius 1 is 1.50 bits per heavy atom. The zero-order chi connectivity index (χ0) is 17.7. The molecular formula is C16H18F3N3O2. The van der Waals surface area contributed by atoms with Gasteiger partial charge in [-0.15, -0.1) is 0 Å². The van der Waals surface area contributed by atoms with Crippen molar-refractivity contribution in [1.29, 1.82) is 5.26 Å². The third-order valence-electron chi connectivity index (χ3n) is 3.76. The standard InChI is InChI=1S/C16H18F3N3O2/c1-21(9-13-4-2-3-12(7-13)8-20)15(23)14-10-24-6-5-22(14)11-16(17,18)19/h2-4,7,14H,5-6,9-11H2,1H3/t14-/m0/s1. The van der Waals surface area contributed by atoms with E-state index in [1.54, 1.807) is 24.3 Å². The lowest BCUT2D eigenvalue weighted by molar-refractivity contribution is -0.170. The van der Waals surface area contributed by atoms with Crippen molar-refractivity contribution in [2.45, 2.75) is 18.8 Å². The Balaban J connectivity index is 2.06. The maximum Gasteiger partial charge on any atom is 0.401 e. The lowest BCUT2D eigenvalue weighted by Crippen LogP contribution is -2.56. The van der Waals surface area contributed by atoms with Crippen molar-refractivity contribution in [3.63, 3.8) is 0 Å². The highest BCUT2D eigenvalue weighted by atomic mass is 19.4. The van der Waals surface area contributed by atoms with Crippen LogP contribution in [0, 0.1) is 11.3 Å². The van der Waals surface area contributed by atoms with Gasteiger partial charge in [0.2, 0.25) is 5.91 Å². The monoisotopic (exact) mass is 341 g/mol. The largest absolute Gasteiger partial charge is 0.401 e. The third-order valence-corrected chi connectivity index (χ3v) is 3.76. The minimum absolute atomic E-state index is 0.0580. The molecule has 24 heavy (non-hydrogen) atoms. The van der Waals surface area contributed by atoms with Crippen LogP contribution in [-0.2, 0) is 16.1 Å². The molecule has 1 aromatic rings. The summed E-state index contributed by atoms with van der Waals surface area (Å²) in [5.74, 6) is -0.429. The van der Waals surface area contributed by atoms with Gasteiger partial charge in [0.05, 0.1) is 31.4 Å². The highest BCUT2D eigenvalue weighted by molar-refractivity contribution is 5.82. The van der Waals surface area contributed by atoms with Gasteiger partial charge in [-0.25, -0.2) is 0 Å². The summed E-state index contributed by atoms with van der Waals surface area (Å²) in [5, 5.41) is 8.89. The molecule has 8 heteroatoms. The van der Waals surface area contributed by atoms with Crippen molar-refractivity contribution in [2.75, 3.05) is 33.4 Å². The molecule has 1 saturated heterocycles. The summed E-state index contributed by atoms with van der Waals surface area (Å²) in [6.07, 6.45) is -4.37. The predicted molar refractivity (Wildman–Crippen MR) is 79.9 cm³/mol. The average molecular weight is 341 g/mol. The molecule has 0 radical (unpaired) electrons. The number of amides is 1. The number of carbonyl (C=O) groups is 1. The highest BCUT2D eigenvalue weighted by Gasteiger charge is 2.39. The number of alkyl halides is 3. The van der Waals surface area contributed by atoms with Crippen LogP contribution in [0.1, 0.15) is 11.1 Å². The fraction of sp³-hybridized carbons (Fsp3) is 0.500. The smallest absolute Gasteiger partial charge is 0.378 e. The van der Waals surface area contributed by atoms with Crippen LogP contribution in [0.4, 0.5) is 13.2 Å². The van der Waals surface area contributed by atoms with E-state index < -0.39 is 24.7 Å². The molecule has 2 rings (SSSR count). The molecule has 1 fully saturated rings. The molecule has 1 aliphatic rings. The molecular weight excluding hydrogens is 323 g/mol. The fourth-order valence-corrected chi connectivity index (χ4v) is 2.63. The van der Waals surface area contributed by atoms with Crippen LogP contribution in [0.2, 0.25) is 0 Å². The van der Waals surface area contributed by atoms with Gasteiger partial charge < -0.3 is 9.64 Å². The molecule has 5 nitrogen and oxygen atoms in total. The minimum atomic E-state index is -4.37. The molecule has 1 aromatic carbocycles. The first kappa shape index (κ1) is 18.2. The third kappa shape index (κ3) is 4.94. The second kappa shape index (κ2) is 7.64. The molecule has 0 unspecified atom stereocenters. The highest BCUT2D eigenvalue weighted by Crippen LogP contribution is 2.21. The van der Waals surface area contributed by atoms with Crippen LogP contribution in [0.25, 0.3) is 0 Å². The first-order valence-corrected chi connectivity index (χ1v) is 7.43. The lowest BCUT2D eigenvalue weighted by Gasteiger charge is -2.36. The second-order valence-corrected chi connectivity index (χ2v) is 5.68. The molecule has 0 bridgehead atoms. The number of hydrogen-bond donors (Lipinski definition) is 0. The summed E-state index contributed by atoms with van der Waals surface area (Å²) in [7, 11) is 1.53. The average Bonchev–Trinajstić information content (AvgIpc) is 2.53. The van der Waals surface area contributed by atoms with Gasteiger partial charge >= 0.3 is 6.18 Å². The number of rotatable bonds is 4. The van der Waals surface area contributed by atoms with Crippen LogP contribution in [0.3, 0.4) is 0 Å². The number of nitriles is 1. The van der Waals surface area contributed by atoms with Gasteiger partial charge in [-0.05, 0) is 17.7 Å². The van der Waals surface area contributed by atoms with E-state index in [0.717, 1.165) is 10.5 Å². The molecule has 1 aliphatic heterocycles. The van der Waals surface area contributed by atoms with E-state index in [9.17, 15) is 18.0 Å². The summed E-state index contributed by atoms with van der Waals surface area (Å²) in [6.45, 7) is -0.742.